The predicted molar refractivity (Wildman–Crippen MR) is 117 cm³/mol. The second kappa shape index (κ2) is 8.51. The lowest BCUT2D eigenvalue weighted by Gasteiger charge is -2.12. The van der Waals surface area contributed by atoms with Crippen molar-refractivity contribution >= 4 is 23.2 Å². The number of benzene rings is 1. The van der Waals surface area contributed by atoms with Crippen LogP contribution in [0.3, 0.4) is 0 Å². The molecule has 0 bridgehead atoms. The van der Waals surface area contributed by atoms with E-state index in [4.69, 9.17) is 11.6 Å². The number of alkyl halides is 3. The van der Waals surface area contributed by atoms with Crippen LogP contribution in [-0.2, 0) is 12.7 Å². The van der Waals surface area contributed by atoms with Crippen LogP contribution in [0.1, 0.15) is 47.3 Å². The van der Waals surface area contributed by atoms with E-state index < -0.39 is 23.8 Å². The Hall–Kier alpha value is -3.40. The van der Waals surface area contributed by atoms with Crippen LogP contribution in [0.25, 0.3) is 16.9 Å². The molecule has 0 saturated heterocycles. The van der Waals surface area contributed by atoms with Crippen molar-refractivity contribution in [2.24, 2.45) is 0 Å². The summed E-state index contributed by atoms with van der Waals surface area (Å²) in [6, 6.07) is 8.00. The molecule has 172 valence electrons. The molecular weight excluding hydrogens is 457 g/mol. The van der Waals surface area contributed by atoms with Crippen molar-refractivity contribution in [1.82, 2.24) is 29.7 Å². The molecule has 33 heavy (non-hydrogen) atoms. The molecule has 0 aliphatic carbocycles. The first-order valence-electron chi connectivity index (χ1n) is 10.2. The number of aryl methyl sites for hydroxylation is 2. The van der Waals surface area contributed by atoms with Gasteiger partial charge in [0.25, 0.3) is 5.91 Å². The van der Waals surface area contributed by atoms with E-state index in [1.165, 1.54) is 6.07 Å². The first-order chi connectivity index (χ1) is 15.6. The van der Waals surface area contributed by atoms with E-state index in [0.29, 0.717) is 21.6 Å². The van der Waals surface area contributed by atoms with Crippen LogP contribution in [0.15, 0.2) is 42.6 Å². The second-order valence-corrected chi connectivity index (χ2v) is 7.99. The number of aromatic nitrogens is 5. The van der Waals surface area contributed by atoms with Crippen molar-refractivity contribution in [3.05, 3.63) is 70.3 Å². The van der Waals surface area contributed by atoms with Crippen LogP contribution in [0.5, 0.6) is 0 Å². The number of nitrogens with zero attached hydrogens (tertiary/aromatic N) is 5. The summed E-state index contributed by atoms with van der Waals surface area (Å²) in [5, 5.41) is 11.5. The first-order valence-corrected chi connectivity index (χ1v) is 10.5. The second-order valence-electron chi connectivity index (χ2n) is 7.55. The van der Waals surface area contributed by atoms with Gasteiger partial charge in [-0.15, -0.1) is 0 Å². The molecule has 0 radical (unpaired) electrons. The van der Waals surface area contributed by atoms with Gasteiger partial charge >= 0.3 is 6.18 Å². The fourth-order valence-electron chi connectivity index (χ4n) is 3.52. The van der Waals surface area contributed by atoms with Gasteiger partial charge in [0, 0.05) is 35.0 Å². The molecule has 1 unspecified atom stereocenters. The summed E-state index contributed by atoms with van der Waals surface area (Å²) in [6.07, 6.45) is -2.88. The minimum absolute atomic E-state index is 0.0920. The van der Waals surface area contributed by atoms with E-state index in [-0.39, 0.29) is 17.0 Å². The molecule has 1 N–H and O–H groups in total. The number of nitrogens with one attached hydrogen (secondary N) is 1. The Kier molecular flexibility index (Phi) is 5.87. The van der Waals surface area contributed by atoms with Crippen LogP contribution in [-0.4, -0.2) is 30.3 Å². The zero-order chi connectivity index (χ0) is 23.9. The molecule has 4 rings (SSSR count). The van der Waals surface area contributed by atoms with Crippen LogP contribution in [0.4, 0.5) is 13.2 Å². The molecule has 1 atom stereocenters. The summed E-state index contributed by atoms with van der Waals surface area (Å²) in [7, 11) is 0. The topological polar surface area (TPSA) is 77.1 Å². The Morgan fingerprint density at radius 1 is 1.18 bits per heavy atom. The number of fused-ring (bicyclic) bond motifs is 1. The van der Waals surface area contributed by atoms with Gasteiger partial charge in [-0.1, -0.05) is 23.7 Å². The Bertz CT molecular complexity index is 1330. The van der Waals surface area contributed by atoms with Crippen molar-refractivity contribution in [1.29, 1.82) is 0 Å². The zero-order valence-corrected chi connectivity index (χ0v) is 18.7. The molecular formula is C22H20ClF3N6O. The highest BCUT2D eigenvalue weighted by atomic mass is 35.5. The van der Waals surface area contributed by atoms with Crippen molar-refractivity contribution in [2.45, 2.75) is 39.5 Å². The van der Waals surface area contributed by atoms with Gasteiger partial charge in [-0.2, -0.15) is 23.4 Å². The summed E-state index contributed by atoms with van der Waals surface area (Å²) in [5.74, 6) is -0.613. The van der Waals surface area contributed by atoms with E-state index in [9.17, 15) is 18.0 Å². The third-order valence-corrected chi connectivity index (χ3v) is 5.46. The van der Waals surface area contributed by atoms with Crippen LogP contribution in [0, 0.1) is 6.92 Å². The van der Waals surface area contributed by atoms with Gasteiger partial charge in [-0.3, -0.25) is 9.48 Å². The number of carbonyl (C=O) groups excluding carboxylic acids is 1. The van der Waals surface area contributed by atoms with Gasteiger partial charge in [0.2, 0.25) is 0 Å². The van der Waals surface area contributed by atoms with Gasteiger partial charge in [-0.05, 0) is 39.0 Å². The lowest BCUT2D eigenvalue weighted by Crippen LogP contribution is -2.27. The summed E-state index contributed by atoms with van der Waals surface area (Å²) >= 11 is 5.88. The number of halogens is 4. The number of hydrogen-bond acceptors (Lipinski definition) is 4. The SMILES string of the molecule is CCn1cc(C(C)NC(=O)c2cc3nc(-c4ccc(Cl)cc4)cc(C(F)(F)F)n3n2)c(C)n1. The predicted octanol–water partition coefficient (Wildman–Crippen LogP) is 5.08. The third-order valence-electron chi connectivity index (χ3n) is 5.21. The van der Waals surface area contributed by atoms with Gasteiger partial charge in [-0.25, -0.2) is 9.50 Å². The third kappa shape index (κ3) is 4.56. The summed E-state index contributed by atoms with van der Waals surface area (Å²) in [6.45, 7) is 6.22. The molecule has 0 aliphatic heterocycles. The molecule has 3 aromatic heterocycles. The van der Waals surface area contributed by atoms with Crippen LogP contribution >= 0.6 is 11.6 Å². The van der Waals surface area contributed by atoms with Crippen LogP contribution < -0.4 is 5.32 Å². The minimum atomic E-state index is -4.71. The van der Waals surface area contributed by atoms with Crippen molar-refractivity contribution in [3.63, 3.8) is 0 Å². The molecule has 1 aromatic carbocycles. The van der Waals surface area contributed by atoms with E-state index in [0.717, 1.165) is 17.3 Å². The molecule has 1 amide bonds. The smallest absolute Gasteiger partial charge is 0.344 e. The lowest BCUT2D eigenvalue weighted by atomic mass is 10.1. The van der Waals surface area contributed by atoms with E-state index in [1.807, 2.05) is 20.0 Å². The molecule has 7 nitrogen and oxygen atoms in total. The fourth-order valence-corrected chi connectivity index (χ4v) is 3.65. The molecule has 0 fully saturated rings. The minimum Gasteiger partial charge on any atom is -0.344 e. The maximum atomic E-state index is 13.8. The normalized spacial score (nSPS) is 12.8. The van der Waals surface area contributed by atoms with Gasteiger partial charge in [0.05, 0.1) is 17.4 Å². The Morgan fingerprint density at radius 3 is 2.48 bits per heavy atom. The largest absolute Gasteiger partial charge is 0.433 e. The standard InChI is InChI=1S/C22H20ClF3N6O/c1-4-31-11-16(13(3)29-31)12(2)27-21(33)18-10-20-28-17(14-5-7-15(23)8-6-14)9-19(22(24,25)26)32(20)30-18/h5-12H,4H2,1-3H3,(H,27,33). The maximum absolute atomic E-state index is 13.8. The zero-order valence-electron chi connectivity index (χ0n) is 18.0. The van der Waals surface area contributed by atoms with Crippen molar-refractivity contribution in [3.8, 4) is 11.3 Å². The summed E-state index contributed by atoms with van der Waals surface area (Å²) in [4.78, 5) is 17.1. The van der Waals surface area contributed by atoms with Crippen molar-refractivity contribution < 1.29 is 18.0 Å². The Morgan fingerprint density at radius 2 is 1.88 bits per heavy atom. The highest BCUT2D eigenvalue weighted by Gasteiger charge is 2.35. The van der Waals surface area contributed by atoms with Gasteiger partial charge in [0.15, 0.2) is 17.0 Å². The van der Waals surface area contributed by atoms with E-state index in [1.54, 1.807) is 35.9 Å². The van der Waals surface area contributed by atoms with Gasteiger partial charge in [0.1, 0.15) is 0 Å². The average Bonchev–Trinajstić information content (AvgIpc) is 3.36. The van der Waals surface area contributed by atoms with E-state index >= 15 is 0 Å². The quantitative estimate of drug-likeness (QED) is 0.435. The molecule has 3 heterocycles. The highest BCUT2D eigenvalue weighted by Crippen LogP contribution is 2.32. The Balaban J connectivity index is 1.71. The number of carbonyl (C=O) groups is 1. The van der Waals surface area contributed by atoms with Crippen molar-refractivity contribution in [2.75, 3.05) is 0 Å². The average molecular weight is 477 g/mol. The van der Waals surface area contributed by atoms with E-state index in [2.05, 4.69) is 20.5 Å². The number of rotatable bonds is 5. The lowest BCUT2D eigenvalue weighted by molar-refractivity contribution is -0.142. The molecule has 11 heteroatoms. The summed E-state index contributed by atoms with van der Waals surface area (Å²) < 4.78 is 43.7. The Labute approximate surface area is 192 Å². The number of hydrogen-bond donors (Lipinski definition) is 1. The first kappa shape index (κ1) is 22.8. The fraction of sp³-hybridized carbons (Fsp3) is 0.273. The molecule has 0 aliphatic rings. The van der Waals surface area contributed by atoms with Gasteiger partial charge < -0.3 is 5.32 Å². The maximum Gasteiger partial charge on any atom is 0.433 e. The molecule has 4 aromatic rings. The summed E-state index contributed by atoms with van der Waals surface area (Å²) in [5.41, 5.74) is 0.813. The molecule has 0 spiro atoms. The highest BCUT2D eigenvalue weighted by molar-refractivity contribution is 6.30. The molecule has 0 saturated carbocycles. The number of amides is 1. The van der Waals surface area contributed by atoms with Crippen LogP contribution in [0.2, 0.25) is 5.02 Å². The monoisotopic (exact) mass is 476 g/mol.